The number of rotatable bonds is 6. The van der Waals surface area contributed by atoms with E-state index in [1.54, 1.807) is 0 Å². The average Bonchev–Trinajstić information content (AvgIpc) is 2.83. The van der Waals surface area contributed by atoms with Crippen molar-refractivity contribution in [3.63, 3.8) is 0 Å². The molecule has 0 aromatic heterocycles. The Kier molecular flexibility index (Phi) is 5.72. The third-order valence-electron chi connectivity index (χ3n) is 5.90. The Hall–Kier alpha value is -3.66. The van der Waals surface area contributed by atoms with Gasteiger partial charge in [0.15, 0.2) is 5.41 Å². The largest absolute Gasteiger partial charge is 0.468 e. The summed E-state index contributed by atoms with van der Waals surface area (Å²) < 4.78 is 10.3. The molecule has 0 radical (unpaired) electrons. The Balaban J connectivity index is 1.89. The lowest BCUT2D eigenvalue weighted by Gasteiger charge is -2.29. The highest BCUT2D eigenvalue weighted by Crippen LogP contribution is 2.35. The van der Waals surface area contributed by atoms with E-state index >= 15 is 0 Å². The monoisotopic (exact) mass is 412 g/mol. The Bertz CT molecular complexity index is 1150. The molecule has 0 unspecified atom stereocenters. The molecule has 4 heteroatoms. The zero-order chi connectivity index (χ0) is 21.8. The summed E-state index contributed by atoms with van der Waals surface area (Å²) in [6.45, 7) is 0. The topological polar surface area (TPSA) is 52.6 Å². The second-order valence-corrected chi connectivity index (χ2v) is 7.70. The second-order valence-electron chi connectivity index (χ2n) is 7.70. The fraction of sp³-hybridized carbons (Fsp3) is 0.185. The van der Waals surface area contributed by atoms with Gasteiger partial charge in [-0.05, 0) is 32.7 Å². The smallest absolute Gasteiger partial charge is 0.323 e. The lowest BCUT2D eigenvalue weighted by molar-refractivity contribution is -0.169. The zero-order valence-corrected chi connectivity index (χ0v) is 17.6. The maximum Gasteiger partial charge on any atom is 0.323 e. The molecule has 0 fully saturated rings. The van der Waals surface area contributed by atoms with E-state index in [0.717, 1.165) is 32.7 Å². The summed E-state index contributed by atoms with van der Waals surface area (Å²) in [6, 6.07) is 27.7. The van der Waals surface area contributed by atoms with Gasteiger partial charge in [-0.3, -0.25) is 9.59 Å². The van der Waals surface area contributed by atoms with Crippen LogP contribution in [0.15, 0.2) is 84.9 Å². The fourth-order valence-electron chi connectivity index (χ4n) is 4.37. The van der Waals surface area contributed by atoms with Gasteiger partial charge in [0.1, 0.15) is 0 Å². The first kappa shape index (κ1) is 20.6. The lowest BCUT2D eigenvalue weighted by atomic mass is 9.75. The second kappa shape index (κ2) is 8.60. The van der Waals surface area contributed by atoms with Crippen LogP contribution in [0.4, 0.5) is 0 Å². The molecule has 4 aromatic rings. The van der Waals surface area contributed by atoms with Crippen molar-refractivity contribution >= 4 is 33.5 Å². The van der Waals surface area contributed by atoms with Crippen molar-refractivity contribution in [3.05, 3.63) is 96.1 Å². The number of hydrogen-bond acceptors (Lipinski definition) is 4. The number of carbonyl (C=O) groups excluding carboxylic acids is 2. The molecule has 0 saturated carbocycles. The van der Waals surface area contributed by atoms with E-state index < -0.39 is 17.4 Å². The predicted molar refractivity (Wildman–Crippen MR) is 122 cm³/mol. The first-order chi connectivity index (χ1) is 15.1. The van der Waals surface area contributed by atoms with Crippen LogP contribution in [0.1, 0.15) is 11.1 Å². The summed E-state index contributed by atoms with van der Waals surface area (Å²) in [5, 5.41) is 4.10. The molecule has 0 spiro atoms. The average molecular weight is 412 g/mol. The SMILES string of the molecule is COC(=O)C(Cc1cccc2ccccc12)(Cc1cccc2ccccc12)C(=O)OC. The van der Waals surface area contributed by atoms with Crippen LogP contribution in [0.5, 0.6) is 0 Å². The minimum atomic E-state index is -1.50. The molecule has 0 bridgehead atoms. The minimum Gasteiger partial charge on any atom is -0.468 e. The van der Waals surface area contributed by atoms with Crippen LogP contribution in [-0.2, 0) is 31.9 Å². The molecular formula is C27H24O4. The van der Waals surface area contributed by atoms with Crippen molar-refractivity contribution in [1.82, 2.24) is 0 Å². The quantitative estimate of drug-likeness (QED) is 0.326. The molecule has 0 aliphatic rings. The normalized spacial score (nSPS) is 11.4. The molecule has 0 aliphatic heterocycles. The van der Waals surface area contributed by atoms with Crippen molar-refractivity contribution in [2.45, 2.75) is 12.8 Å². The third-order valence-corrected chi connectivity index (χ3v) is 5.90. The van der Waals surface area contributed by atoms with Crippen LogP contribution in [0.3, 0.4) is 0 Å². The van der Waals surface area contributed by atoms with Gasteiger partial charge >= 0.3 is 11.9 Å². The Morgan fingerprint density at radius 1 is 0.613 bits per heavy atom. The van der Waals surface area contributed by atoms with E-state index in [1.807, 2.05) is 84.9 Å². The van der Waals surface area contributed by atoms with E-state index in [2.05, 4.69) is 0 Å². The van der Waals surface area contributed by atoms with Crippen LogP contribution < -0.4 is 0 Å². The van der Waals surface area contributed by atoms with Gasteiger partial charge in [-0.15, -0.1) is 0 Å². The molecule has 4 rings (SSSR count). The lowest BCUT2D eigenvalue weighted by Crippen LogP contribution is -2.45. The first-order valence-corrected chi connectivity index (χ1v) is 10.2. The number of carbonyl (C=O) groups is 2. The number of esters is 2. The van der Waals surface area contributed by atoms with Gasteiger partial charge in [0, 0.05) is 12.8 Å². The van der Waals surface area contributed by atoms with E-state index in [1.165, 1.54) is 14.2 Å². The molecule has 0 heterocycles. The van der Waals surface area contributed by atoms with Gasteiger partial charge in [-0.2, -0.15) is 0 Å². The van der Waals surface area contributed by atoms with Crippen molar-refractivity contribution in [1.29, 1.82) is 0 Å². The summed E-state index contributed by atoms with van der Waals surface area (Å²) >= 11 is 0. The van der Waals surface area contributed by atoms with Gasteiger partial charge < -0.3 is 9.47 Å². The van der Waals surface area contributed by atoms with Crippen LogP contribution in [0, 0.1) is 5.41 Å². The number of ether oxygens (including phenoxy) is 2. The van der Waals surface area contributed by atoms with Crippen molar-refractivity contribution in [2.24, 2.45) is 5.41 Å². The summed E-state index contributed by atoms with van der Waals surface area (Å²) in [5.41, 5.74) is 0.292. The Morgan fingerprint density at radius 2 is 1.00 bits per heavy atom. The number of hydrogen-bond donors (Lipinski definition) is 0. The summed E-state index contributed by atoms with van der Waals surface area (Å²) in [7, 11) is 2.62. The van der Waals surface area contributed by atoms with Crippen molar-refractivity contribution < 1.29 is 19.1 Å². The number of fused-ring (bicyclic) bond motifs is 2. The maximum atomic E-state index is 13.2. The van der Waals surface area contributed by atoms with Gasteiger partial charge in [0.2, 0.25) is 0 Å². The summed E-state index contributed by atoms with van der Waals surface area (Å²) in [4.78, 5) is 26.4. The van der Waals surface area contributed by atoms with Crippen LogP contribution in [0.2, 0.25) is 0 Å². The Labute approximate surface area is 181 Å². The molecule has 0 amide bonds. The Morgan fingerprint density at radius 3 is 1.42 bits per heavy atom. The van der Waals surface area contributed by atoms with Gasteiger partial charge in [-0.25, -0.2) is 0 Å². The molecule has 4 aromatic carbocycles. The van der Waals surface area contributed by atoms with Gasteiger partial charge in [-0.1, -0.05) is 84.9 Å². The molecule has 0 atom stereocenters. The highest BCUT2D eigenvalue weighted by molar-refractivity contribution is 6.02. The van der Waals surface area contributed by atoms with E-state index in [-0.39, 0.29) is 12.8 Å². The van der Waals surface area contributed by atoms with E-state index in [9.17, 15) is 9.59 Å². The van der Waals surface area contributed by atoms with Gasteiger partial charge in [0.05, 0.1) is 14.2 Å². The van der Waals surface area contributed by atoms with Gasteiger partial charge in [0.25, 0.3) is 0 Å². The first-order valence-electron chi connectivity index (χ1n) is 10.2. The standard InChI is InChI=1S/C27H24O4/c1-30-25(28)27(26(29)31-2,17-21-13-7-11-19-9-3-5-15-23(19)21)18-22-14-8-12-20-10-4-6-16-24(20)22/h3-16H,17-18H2,1-2H3. The molecule has 156 valence electrons. The summed E-state index contributed by atoms with van der Waals surface area (Å²) in [6.07, 6.45) is 0.355. The van der Waals surface area contributed by atoms with E-state index in [4.69, 9.17) is 9.47 Å². The van der Waals surface area contributed by atoms with Crippen molar-refractivity contribution in [3.8, 4) is 0 Å². The number of methoxy groups -OCH3 is 2. The molecule has 0 aliphatic carbocycles. The third kappa shape index (κ3) is 3.77. The molecule has 0 N–H and O–H groups in total. The zero-order valence-electron chi connectivity index (χ0n) is 17.6. The summed E-state index contributed by atoms with van der Waals surface area (Å²) in [5.74, 6) is -1.19. The minimum absolute atomic E-state index is 0.178. The predicted octanol–water partition coefficient (Wildman–Crippen LogP) is 5.11. The molecular weight excluding hydrogens is 388 g/mol. The van der Waals surface area contributed by atoms with Crippen LogP contribution in [0.25, 0.3) is 21.5 Å². The highest BCUT2D eigenvalue weighted by atomic mass is 16.5. The number of benzene rings is 4. The highest BCUT2D eigenvalue weighted by Gasteiger charge is 2.49. The fourth-order valence-corrected chi connectivity index (χ4v) is 4.37. The maximum absolute atomic E-state index is 13.2. The molecule has 0 saturated heterocycles. The van der Waals surface area contributed by atoms with Crippen LogP contribution in [-0.4, -0.2) is 26.2 Å². The molecule has 4 nitrogen and oxygen atoms in total. The van der Waals surface area contributed by atoms with Crippen molar-refractivity contribution in [2.75, 3.05) is 14.2 Å². The van der Waals surface area contributed by atoms with E-state index in [0.29, 0.717) is 0 Å². The van der Waals surface area contributed by atoms with Crippen LogP contribution >= 0.6 is 0 Å². The molecule has 31 heavy (non-hydrogen) atoms.